The summed E-state index contributed by atoms with van der Waals surface area (Å²) in [7, 11) is 1.71. The van der Waals surface area contributed by atoms with E-state index in [1.165, 1.54) is 16.7 Å². The van der Waals surface area contributed by atoms with Gasteiger partial charge in [0.05, 0.1) is 31.5 Å². The van der Waals surface area contributed by atoms with E-state index in [2.05, 4.69) is 41.8 Å². The predicted octanol–water partition coefficient (Wildman–Crippen LogP) is 5.67. The van der Waals surface area contributed by atoms with Crippen molar-refractivity contribution in [2.75, 3.05) is 46.6 Å². The summed E-state index contributed by atoms with van der Waals surface area (Å²) in [5.41, 5.74) is 4.76. The molecule has 2 saturated heterocycles. The Kier molecular flexibility index (Phi) is 13.4. The zero-order chi connectivity index (χ0) is 34.1. The molecule has 2 fully saturated rings. The molecule has 0 unspecified atom stereocenters. The van der Waals surface area contributed by atoms with Crippen LogP contribution in [0.4, 0.5) is 22.0 Å². The predicted molar refractivity (Wildman–Crippen MR) is 169 cm³/mol. The van der Waals surface area contributed by atoms with Crippen molar-refractivity contribution < 1.29 is 46.1 Å². The number of halogens is 5. The van der Waals surface area contributed by atoms with Gasteiger partial charge in [0.2, 0.25) is 6.29 Å². The smallest absolute Gasteiger partial charge is 0.446 e. The molecule has 47 heavy (non-hydrogen) atoms. The fraction of sp³-hybridized carbons (Fsp3) is 0.629. The van der Waals surface area contributed by atoms with E-state index in [9.17, 15) is 27.1 Å². The fourth-order valence-electron chi connectivity index (χ4n) is 7.30. The van der Waals surface area contributed by atoms with Crippen LogP contribution in [0.15, 0.2) is 36.4 Å². The van der Waals surface area contributed by atoms with Crippen LogP contribution >= 0.6 is 0 Å². The number of hydrogen-bond acceptors (Lipinski definition) is 7. The lowest BCUT2D eigenvalue weighted by molar-refractivity contribution is -0.156. The van der Waals surface area contributed by atoms with Crippen molar-refractivity contribution in [1.82, 2.24) is 9.80 Å². The van der Waals surface area contributed by atoms with Gasteiger partial charge in [0.25, 0.3) is 0 Å². The molecular formula is C35H47F5N2O5. The summed E-state index contributed by atoms with van der Waals surface area (Å²) in [6.07, 6.45) is -0.723. The van der Waals surface area contributed by atoms with Crippen molar-refractivity contribution >= 4 is 6.29 Å². The van der Waals surface area contributed by atoms with Gasteiger partial charge in [0.15, 0.2) is 0 Å². The van der Waals surface area contributed by atoms with Gasteiger partial charge in [-0.15, -0.1) is 0 Å². The molecule has 0 spiro atoms. The maximum atomic E-state index is 13.1. The lowest BCUT2D eigenvalue weighted by atomic mass is 9.83. The Morgan fingerprint density at radius 1 is 0.830 bits per heavy atom. The second kappa shape index (κ2) is 17.0. The van der Waals surface area contributed by atoms with Crippen LogP contribution in [0.5, 0.6) is 11.5 Å². The van der Waals surface area contributed by atoms with Gasteiger partial charge in [0.1, 0.15) is 24.8 Å². The summed E-state index contributed by atoms with van der Waals surface area (Å²) in [5, 5.41) is 10.00. The Morgan fingerprint density at radius 2 is 1.30 bits per heavy atom. The standard InChI is InChI=1S/C17H24FNO2.C16H22FNO2.C2HF3O/c1-3-7-19-11-13(10-18)21-17-9-14-12(8-15(17)19)5-4-6-16(14)20-2;1-2-6-18-10-12(9-17)20-16-8-13-11(7-14(16)18)4-3-5-15(13)19;3-2(4,5)1-6/h4-6,13,15,17H,3,7-11H2,1-2H3;3-5,12,14,16,19H,2,6-10H2,1H3;1H/t13-,15+,17+;12-,14+,16+;/m00./s1. The minimum Gasteiger partial charge on any atom is -0.508 e. The van der Waals surface area contributed by atoms with E-state index in [0.717, 1.165) is 56.5 Å². The van der Waals surface area contributed by atoms with E-state index in [1.54, 1.807) is 13.2 Å². The van der Waals surface area contributed by atoms with Gasteiger partial charge in [-0.05, 0) is 73.2 Å². The van der Waals surface area contributed by atoms with Gasteiger partial charge in [-0.1, -0.05) is 38.1 Å². The third-order valence-corrected chi connectivity index (χ3v) is 9.27. The number of morpholine rings is 2. The number of aldehydes is 1. The number of rotatable bonds is 7. The SMILES string of the molecule is CCCN1C[C@H](CF)O[C@@H]2Cc3c(O)cccc3C[C@H]21.CCCN1C[C@H](CF)O[C@@H]2Cc3c(cccc3OC)C[C@H]21.O=CC(F)(F)F. The zero-order valence-electron chi connectivity index (χ0n) is 27.4. The largest absolute Gasteiger partial charge is 0.508 e. The molecule has 2 heterocycles. The lowest BCUT2D eigenvalue weighted by Crippen LogP contribution is -2.58. The number of phenols is 1. The highest BCUT2D eigenvalue weighted by atomic mass is 19.4. The lowest BCUT2D eigenvalue weighted by Gasteiger charge is -2.47. The number of nitrogens with zero attached hydrogens (tertiary/aromatic N) is 2. The molecule has 2 aromatic rings. The van der Waals surface area contributed by atoms with Crippen molar-refractivity contribution in [3.63, 3.8) is 0 Å². The highest BCUT2D eigenvalue weighted by Crippen LogP contribution is 2.36. The van der Waals surface area contributed by atoms with Crippen LogP contribution < -0.4 is 4.74 Å². The zero-order valence-corrected chi connectivity index (χ0v) is 27.4. The Balaban J connectivity index is 0.000000182. The van der Waals surface area contributed by atoms with Gasteiger partial charge in [-0.25, -0.2) is 8.78 Å². The van der Waals surface area contributed by atoms with Crippen molar-refractivity contribution in [1.29, 1.82) is 0 Å². The van der Waals surface area contributed by atoms with E-state index in [0.29, 0.717) is 37.3 Å². The molecule has 0 bridgehead atoms. The molecule has 2 aromatic carbocycles. The monoisotopic (exact) mass is 670 g/mol. The average Bonchev–Trinajstić information content (AvgIpc) is 3.07. The molecule has 0 aromatic heterocycles. The third-order valence-electron chi connectivity index (χ3n) is 9.27. The van der Waals surface area contributed by atoms with Crippen molar-refractivity contribution in [3.8, 4) is 11.5 Å². The maximum Gasteiger partial charge on any atom is 0.446 e. The number of carbonyl (C=O) groups is 1. The quantitative estimate of drug-likeness (QED) is 0.301. The number of phenolic OH excluding ortho intramolecular Hbond substituents is 1. The topological polar surface area (TPSA) is 71.5 Å². The first-order valence-corrected chi connectivity index (χ1v) is 16.4. The summed E-state index contributed by atoms with van der Waals surface area (Å²) in [4.78, 5) is 13.5. The first-order chi connectivity index (χ1) is 22.5. The van der Waals surface area contributed by atoms with Gasteiger partial charge in [0, 0.05) is 38.0 Å². The Bertz CT molecular complexity index is 1300. The Labute approximate surface area is 274 Å². The van der Waals surface area contributed by atoms with Gasteiger partial charge in [-0.3, -0.25) is 14.6 Å². The summed E-state index contributed by atoms with van der Waals surface area (Å²) >= 11 is 0. The number of benzene rings is 2. The van der Waals surface area contributed by atoms with Crippen LogP contribution in [0, 0.1) is 0 Å². The second-order valence-electron chi connectivity index (χ2n) is 12.5. The maximum absolute atomic E-state index is 13.1. The fourth-order valence-corrected chi connectivity index (χ4v) is 7.30. The normalized spacial score (nSPS) is 27.0. The molecule has 0 saturated carbocycles. The van der Waals surface area contributed by atoms with Crippen molar-refractivity contribution in [3.05, 3.63) is 58.7 Å². The van der Waals surface area contributed by atoms with E-state index in [1.807, 2.05) is 12.1 Å². The first-order valence-electron chi connectivity index (χ1n) is 16.4. The molecule has 4 aliphatic rings. The summed E-state index contributed by atoms with van der Waals surface area (Å²) < 4.78 is 74.8. The number of carbonyl (C=O) groups excluding carboxylic acids is 1. The number of ether oxygens (including phenoxy) is 3. The number of fused-ring (bicyclic) bond motifs is 4. The van der Waals surface area contributed by atoms with Gasteiger partial charge >= 0.3 is 6.18 Å². The number of hydrogen-bond donors (Lipinski definition) is 1. The number of aromatic hydroxyl groups is 1. The van der Waals surface area contributed by atoms with Crippen LogP contribution in [-0.2, 0) is 40.0 Å². The molecule has 6 atom stereocenters. The Hall–Kier alpha value is -2.80. The minimum atomic E-state index is -4.64. The second-order valence-corrected chi connectivity index (χ2v) is 12.5. The molecule has 7 nitrogen and oxygen atoms in total. The molecule has 6 rings (SSSR count). The van der Waals surface area contributed by atoms with Gasteiger partial charge in [-0.2, -0.15) is 13.2 Å². The molecule has 2 aliphatic carbocycles. The number of alkyl halides is 5. The summed E-state index contributed by atoms with van der Waals surface area (Å²) in [5.74, 6) is 1.27. The minimum absolute atomic E-state index is 0.00292. The van der Waals surface area contributed by atoms with Crippen molar-refractivity contribution in [2.24, 2.45) is 0 Å². The first kappa shape index (κ1) is 37.0. The van der Waals surface area contributed by atoms with Gasteiger partial charge < -0.3 is 19.3 Å². The summed E-state index contributed by atoms with van der Waals surface area (Å²) in [6, 6.07) is 12.6. The van der Waals surface area contributed by atoms with E-state index < -0.39 is 25.8 Å². The molecule has 12 heteroatoms. The Morgan fingerprint density at radius 3 is 1.74 bits per heavy atom. The van der Waals surface area contributed by atoms with Crippen LogP contribution in [0.1, 0.15) is 48.9 Å². The molecule has 0 radical (unpaired) electrons. The highest BCUT2D eigenvalue weighted by molar-refractivity contribution is 5.56. The number of methoxy groups -OCH3 is 1. The van der Waals surface area contributed by atoms with E-state index in [4.69, 9.17) is 19.0 Å². The average molecular weight is 671 g/mol. The molecule has 262 valence electrons. The molecule has 1 N–H and O–H groups in total. The van der Waals surface area contributed by atoms with Crippen LogP contribution in [0.3, 0.4) is 0 Å². The molecule has 2 aliphatic heterocycles. The van der Waals surface area contributed by atoms with Crippen LogP contribution in [0.25, 0.3) is 0 Å². The van der Waals surface area contributed by atoms with E-state index >= 15 is 0 Å². The van der Waals surface area contributed by atoms with Crippen LogP contribution in [0.2, 0.25) is 0 Å². The van der Waals surface area contributed by atoms with Crippen LogP contribution in [-0.4, -0.2) is 111 Å². The molecular weight excluding hydrogens is 623 g/mol. The molecule has 0 amide bonds. The third kappa shape index (κ3) is 9.43. The van der Waals surface area contributed by atoms with E-state index in [-0.39, 0.29) is 24.4 Å². The summed E-state index contributed by atoms with van der Waals surface area (Å²) in [6.45, 7) is 6.88. The highest BCUT2D eigenvalue weighted by Gasteiger charge is 2.41. The van der Waals surface area contributed by atoms with Crippen molar-refractivity contribution in [2.45, 2.75) is 95.0 Å².